The normalized spacial score (nSPS) is 19.5. The van der Waals surface area contributed by atoms with Crippen molar-refractivity contribution in [3.05, 3.63) is 33.9 Å². The molecule has 2 aromatic heterocycles. The van der Waals surface area contributed by atoms with Crippen LogP contribution in [0.3, 0.4) is 0 Å². The van der Waals surface area contributed by atoms with E-state index in [1.165, 1.54) is 10.6 Å². The van der Waals surface area contributed by atoms with Crippen LogP contribution < -0.4 is 5.56 Å². The van der Waals surface area contributed by atoms with E-state index in [2.05, 4.69) is 17.0 Å². The summed E-state index contributed by atoms with van der Waals surface area (Å²) in [5.41, 5.74) is 1.31. The van der Waals surface area contributed by atoms with Gasteiger partial charge in [-0.25, -0.2) is 9.50 Å². The molecule has 6 nitrogen and oxygen atoms in total. The Bertz CT molecular complexity index is 716. The first-order chi connectivity index (χ1) is 9.58. The van der Waals surface area contributed by atoms with Crippen LogP contribution in [-0.2, 0) is 0 Å². The zero-order valence-electron chi connectivity index (χ0n) is 11.7. The zero-order valence-corrected chi connectivity index (χ0v) is 11.7. The van der Waals surface area contributed by atoms with Crippen molar-refractivity contribution in [2.75, 3.05) is 6.54 Å². The standard InChI is InChI=1S/C14H18N4O2/c1-9-7-12(19)18-13(16-9)11(8-15-18)14(20)17-6-4-3-5-10(17)2/h7-8,10,15H,3-6H2,1-2H3. The fraction of sp³-hybridized carbons (Fsp3) is 0.500. The highest BCUT2D eigenvalue weighted by molar-refractivity contribution is 5.99. The number of nitrogens with one attached hydrogen (secondary N) is 1. The predicted octanol–water partition coefficient (Wildman–Crippen LogP) is 1.35. The smallest absolute Gasteiger partial charge is 0.272 e. The highest BCUT2D eigenvalue weighted by Gasteiger charge is 2.26. The number of carbonyl (C=O) groups excluding carboxylic acids is 1. The van der Waals surface area contributed by atoms with Crippen LogP contribution >= 0.6 is 0 Å². The number of aryl methyl sites for hydroxylation is 1. The second kappa shape index (κ2) is 4.77. The van der Waals surface area contributed by atoms with Gasteiger partial charge in [0, 0.05) is 30.5 Å². The molecule has 106 valence electrons. The van der Waals surface area contributed by atoms with E-state index in [0.29, 0.717) is 16.9 Å². The Morgan fingerprint density at radius 1 is 1.45 bits per heavy atom. The summed E-state index contributed by atoms with van der Waals surface area (Å²) in [5, 5.41) is 2.81. The number of hydrogen-bond donors (Lipinski definition) is 1. The van der Waals surface area contributed by atoms with Gasteiger partial charge in [0.15, 0.2) is 5.65 Å². The molecular formula is C14H18N4O2. The first kappa shape index (κ1) is 12.9. The van der Waals surface area contributed by atoms with Crippen LogP contribution in [0.5, 0.6) is 0 Å². The van der Waals surface area contributed by atoms with Crippen molar-refractivity contribution in [2.45, 2.75) is 39.2 Å². The summed E-state index contributed by atoms with van der Waals surface area (Å²) in [6.45, 7) is 4.59. The Kier molecular flexibility index (Phi) is 3.08. The molecule has 1 saturated heterocycles. The van der Waals surface area contributed by atoms with E-state index < -0.39 is 0 Å². The van der Waals surface area contributed by atoms with E-state index in [1.807, 2.05) is 4.90 Å². The van der Waals surface area contributed by atoms with Crippen molar-refractivity contribution in [1.82, 2.24) is 19.5 Å². The molecule has 1 aliphatic rings. The van der Waals surface area contributed by atoms with Gasteiger partial charge in [0.25, 0.3) is 11.5 Å². The number of piperidine rings is 1. The van der Waals surface area contributed by atoms with E-state index in [4.69, 9.17) is 0 Å². The number of nitrogens with zero attached hydrogens (tertiary/aromatic N) is 3. The lowest BCUT2D eigenvalue weighted by Gasteiger charge is -2.33. The van der Waals surface area contributed by atoms with Crippen LogP contribution in [-0.4, -0.2) is 38.0 Å². The predicted molar refractivity (Wildman–Crippen MR) is 74.9 cm³/mol. The molecule has 1 N–H and O–H groups in total. The number of aromatic nitrogens is 3. The molecule has 1 atom stereocenters. The number of fused-ring (bicyclic) bond motifs is 1. The molecule has 3 rings (SSSR count). The number of aromatic amines is 1. The molecule has 20 heavy (non-hydrogen) atoms. The van der Waals surface area contributed by atoms with E-state index in [1.54, 1.807) is 13.1 Å². The van der Waals surface area contributed by atoms with Gasteiger partial charge >= 0.3 is 0 Å². The fourth-order valence-corrected chi connectivity index (χ4v) is 2.81. The van der Waals surface area contributed by atoms with Gasteiger partial charge in [0.1, 0.15) is 5.56 Å². The van der Waals surface area contributed by atoms with Crippen LogP contribution in [0, 0.1) is 6.92 Å². The molecule has 0 aliphatic carbocycles. The van der Waals surface area contributed by atoms with Crippen molar-refractivity contribution in [3.8, 4) is 0 Å². The van der Waals surface area contributed by atoms with Crippen molar-refractivity contribution in [3.63, 3.8) is 0 Å². The minimum absolute atomic E-state index is 0.0477. The van der Waals surface area contributed by atoms with Gasteiger partial charge in [-0.05, 0) is 33.1 Å². The zero-order chi connectivity index (χ0) is 14.3. The second-order valence-electron chi connectivity index (χ2n) is 5.43. The number of H-pyrrole nitrogens is 1. The van der Waals surface area contributed by atoms with Crippen molar-refractivity contribution >= 4 is 11.6 Å². The molecule has 1 unspecified atom stereocenters. The minimum atomic E-state index is -0.196. The molecule has 0 spiro atoms. The van der Waals surface area contributed by atoms with Crippen LogP contribution in [0.2, 0.25) is 0 Å². The van der Waals surface area contributed by atoms with Crippen molar-refractivity contribution < 1.29 is 4.79 Å². The Morgan fingerprint density at radius 3 is 3.00 bits per heavy atom. The average Bonchev–Trinajstić information content (AvgIpc) is 2.82. The molecule has 2 aromatic rings. The summed E-state index contributed by atoms with van der Waals surface area (Å²) in [4.78, 5) is 30.7. The number of rotatable bonds is 1. The maximum Gasteiger partial charge on any atom is 0.272 e. The third kappa shape index (κ3) is 2.01. The Labute approximate surface area is 116 Å². The number of amides is 1. The van der Waals surface area contributed by atoms with E-state index >= 15 is 0 Å². The van der Waals surface area contributed by atoms with Crippen LogP contribution in [0.4, 0.5) is 0 Å². The quantitative estimate of drug-likeness (QED) is 0.853. The van der Waals surface area contributed by atoms with Gasteiger partial charge in [-0.1, -0.05) is 0 Å². The van der Waals surface area contributed by atoms with Gasteiger partial charge in [0.2, 0.25) is 0 Å². The lowest BCUT2D eigenvalue weighted by molar-refractivity contribution is 0.0637. The number of likely N-dealkylation sites (tertiary alicyclic amines) is 1. The maximum atomic E-state index is 12.7. The molecule has 1 amide bonds. The number of hydrogen-bond acceptors (Lipinski definition) is 3. The topological polar surface area (TPSA) is 70.5 Å². The third-order valence-corrected chi connectivity index (χ3v) is 3.92. The summed E-state index contributed by atoms with van der Waals surface area (Å²) in [6, 6.07) is 1.68. The molecule has 0 bridgehead atoms. The molecule has 6 heteroatoms. The lowest BCUT2D eigenvalue weighted by Crippen LogP contribution is -2.42. The summed E-state index contributed by atoms with van der Waals surface area (Å²) < 4.78 is 1.31. The van der Waals surface area contributed by atoms with Gasteiger partial charge in [-0.15, -0.1) is 0 Å². The minimum Gasteiger partial charge on any atom is -0.336 e. The molecule has 0 radical (unpaired) electrons. The molecule has 0 aromatic carbocycles. The summed E-state index contributed by atoms with van der Waals surface area (Å²) in [6.07, 6.45) is 4.80. The SMILES string of the molecule is Cc1cc(=O)n2[nH]cc(C(=O)N3CCCCC3C)c2n1. The Balaban J connectivity index is 2.06. The summed E-state index contributed by atoms with van der Waals surface area (Å²) in [7, 11) is 0. The van der Waals surface area contributed by atoms with E-state index in [9.17, 15) is 9.59 Å². The van der Waals surface area contributed by atoms with Crippen LogP contribution in [0.1, 0.15) is 42.2 Å². The fourth-order valence-electron chi connectivity index (χ4n) is 2.81. The Hall–Kier alpha value is -2.11. The highest BCUT2D eigenvalue weighted by Crippen LogP contribution is 2.20. The molecule has 0 saturated carbocycles. The first-order valence-electron chi connectivity index (χ1n) is 6.96. The molecule has 1 aliphatic heterocycles. The van der Waals surface area contributed by atoms with Crippen LogP contribution in [0.25, 0.3) is 5.65 Å². The third-order valence-electron chi connectivity index (χ3n) is 3.92. The monoisotopic (exact) mass is 274 g/mol. The van der Waals surface area contributed by atoms with Gasteiger partial charge in [-0.2, -0.15) is 0 Å². The first-order valence-corrected chi connectivity index (χ1v) is 6.96. The largest absolute Gasteiger partial charge is 0.336 e. The van der Waals surface area contributed by atoms with Gasteiger partial charge < -0.3 is 4.90 Å². The lowest BCUT2D eigenvalue weighted by atomic mass is 10.0. The molecule has 1 fully saturated rings. The van der Waals surface area contributed by atoms with E-state index in [0.717, 1.165) is 25.8 Å². The van der Waals surface area contributed by atoms with Gasteiger partial charge in [0.05, 0.1) is 0 Å². The maximum absolute atomic E-state index is 12.7. The van der Waals surface area contributed by atoms with Gasteiger partial charge in [-0.3, -0.25) is 14.7 Å². The molecule has 3 heterocycles. The van der Waals surface area contributed by atoms with Crippen molar-refractivity contribution in [2.24, 2.45) is 0 Å². The highest BCUT2D eigenvalue weighted by atomic mass is 16.2. The molecular weight excluding hydrogens is 256 g/mol. The summed E-state index contributed by atoms with van der Waals surface area (Å²) in [5.74, 6) is -0.0477. The average molecular weight is 274 g/mol. The summed E-state index contributed by atoms with van der Waals surface area (Å²) >= 11 is 0. The second-order valence-corrected chi connectivity index (χ2v) is 5.43. The number of carbonyl (C=O) groups is 1. The van der Waals surface area contributed by atoms with Crippen molar-refractivity contribution in [1.29, 1.82) is 0 Å². The van der Waals surface area contributed by atoms with Crippen LogP contribution in [0.15, 0.2) is 17.1 Å². The Morgan fingerprint density at radius 2 is 2.25 bits per heavy atom. The van der Waals surface area contributed by atoms with E-state index in [-0.39, 0.29) is 17.5 Å².